The Morgan fingerprint density at radius 1 is 1.23 bits per heavy atom. The number of nitrogens with zero attached hydrogens (tertiary/aromatic N) is 3. The molecule has 1 unspecified atom stereocenters. The number of aryl methyl sites for hydroxylation is 1. The Hall–Kier alpha value is -2.38. The largest absolute Gasteiger partial charge is 0.338 e. The Kier molecular flexibility index (Phi) is 6.25. The summed E-state index contributed by atoms with van der Waals surface area (Å²) in [4.78, 5) is 19.8. The topological polar surface area (TPSA) is 62.2 Å². The number of imidazole rings is 1. The molecule has 0 aliphatic heterocycles. The lowest BCUT2D eigenvalue weighted by atomic mass is 10.2. The van der Waals surface area contributed by atoms with Crippen LogP contribution >= 0.6 is 11.3 Å². The summed E-state index contributed by atoms with van der Waals surface area (Å²) in [5.74, 6) is 0. The molecule has 0 aliphatic rings. The zero-order valence-electron chi connectivity index (χ0n) is 15.2. The molecule has 138 valence electrons. The molecule has 0 fully saturated rings. The summed E-state index contributed by atoms with van der Waals surface area (Å²) < 4.78 is 2.12. The summed E-state index contributed by atoms with van der Waals surface area (Å²) in [6.07, 6.45) is 2.71. The zero-order chi connectivity index (χ0) is 18.4. The molecule has 3 rings (SSSR count). The Balaban J connectivity index is 1.40. The zero-order valence-corrected chi connectivity index (χ0v) is 16.0. The van der Waals surface area contributed by atoms with E-state index in [0.29, 0.717) is 13.1 Å². The van der Waals surface area contributed by atoms with Crippen LogP contribution in [0.4, 0.5) is 4.79 Å². The van der Waals surface area contributed by atoms with Crippen molar-refractivity contribution in [1.82, 2.24) is 25.1 Å². The number of benzene rings is 1. The van der Waals surface area contributed by atoms with Crippen LogP contribution in [0.1, 0.15) is 17.3 Å². The molecule has 1 aromatic carbocycles. The van der Waals surface area contributed by atoms with E-state index in [1.54, 1.807) is 11.3 Å². The van der Waals surface area contributed by atoms with Crippen LogP contribution in [0.25, 0.3) is 11.0 Å². The van der Waals surface area contributed by atoms with Crippen molar-refractivity contribution in [2.24, 2.45) is 0 Å². The third-order valence-electron chi connectivity index (χ3n) is 4.34. The fraction of sp³-hybridized carbons (Fsp3) is 0.368. The van der Waals surface area contributed by atoms with Gasteiger partial charge in [-0.05, 0) is 44.1 Å². The van der Waals surface area contributed by atoms with Crippen molar-refractivity contribution < 1.29 is 4.79 Å². The summed E-state index contributed by atoms with van der Waals surface area (Å²) in [5.41, 5.74) is 2.13. The molecule has 2 aromatic heterocycles. The first-order chi connectivity index (χ1) is 12.6. The number of fused-ring (bicyclic) bond motifs is 1. The summed E-state index contributed by atoms with van der Waals surface area (Å²) in [7, 11) is 4.05. The molecule has 0 saturated carbocycles. The Bertz CT molecular complexity index is 827. The number of hydrogen-bond acceptors (Lipinski definition) is 4. The van der Waals surface area contributed by atoms with Crippen LogP contribution in [0.5, 0.6) is 0 Å². The second-order valence-corrected chi connectivity index (χ2v) is 7.39. The molecule has 1 atom stereocenters. The van der Waals surface area contributed by atoms with Gasteiger partial charge in [-0.1, -0.05) is 18.2 Å². The molecule has 26 heavy (non-hydrogen) atoms. The molecule has 0 bridgehead atoms. The lowest BCUT2D eigenvalue weighted by Gasteiger charge is -2.23. The van der Waals surface area contributed by atoms with E-state index in [0.717, 1.165) is 24.0 Å². The van der Waals surface area contributed by atoms with Gasteiger partial charge in [-0.3, -0.25) is 0 Å². The van der Waals surface area contributed by atoms with Gasteiger partial charge < -0.3 is 20.1 Å². The highest BCUT2D eigenvalue weighted by Crippen LogP contribution is 2.22. The first-order valence-electron chi connectivity index (χ1n) is 8.76. The Labute approximate surface area is 157 Å². The molecule has 3 aromatic rings. The Morgan fingerprint density at radius 3 is 2.85 bits per heavy atom. The van der Waals surface area contributed by atoms with Crippen LogP contribution < -0.4 is 10.6 Å². The number of carbonyl (C=O) groups is 1. The highest BCUT2D eigenvalue weighted by molar-refractivity contribution is 7.10. The fourth-order valence-electron chi connectivity index (χ4n) is 2.91. The van der Waals surface area contributed by atoms with Gasteiger partial charge in [0.05, 0.1) is 23.4 Å². The smallest absolute Gasteiger partial charge is 0.314 e. The van der Waals surface area contributed by atoms with Gasteiger partial charge in [0.25, 0.3) is 0 Å². The minimum atomic E-state index is -0.121. The first kappa shape index (κ1) is 18.4. The van der Waals surface area contributed by atoms with E-state index < -0.39 is 0 Å². The van der Waals surface area contributed by atoms with Crippen molar-refractivity contribution in [1.29, 1.82) is 0 Å². The van der Waals surface area contributed by atoms with E-state index in [9.17, 15) is 4.79 Å². The molecule has 7 heteroatoms. The number of urea groups is 1. The summed E-state index contributed by atoms with van der Waals surface area (Å²) in [5, 5.41) is 7.97. The number of rotatable bonds is 8. The summed E-state index contributed by atoms with van der Waals surface area (Å²) in [6, 6.07) is 12.3. The van der Waals surface area contributed by atoms with Crippen LogP contribution in [0.15, 0.2) is 48.1 Å². The SMILES string of the molecule is CN(C)C(CNC(=O)NCCCn1cnc2ccccc21)c1cccs1. The Morgan fingerprint density at radius 2 is 2.08 bits per heavy atom. The van der Waals surface area contributed by atoms with Crippen molar-refractivity contribution in [3.8, 4) is 0 Å². The minimum absolute atomic E-state index is 0.121. The maximum atomic E-state index is 12.1. The van der Waals surface area contributed by atoms with Gasteiger partial charge in [-0.2, -0.15) is 0 Å². The van der Waals surface area contributed by atoms with Crippen LogP contribution in [-0.2, 0) is 6.54 Å². The molecule has 0 radical (unpaired) electrons. The standard InChI is InChI=1S/C19H25N5OS/c1-23(2)17(18-9-5-12-26-18)13-21-19(25)20-10-6-11-24-14-22-15-7-3-4-8-16(15)24/h3-5,7-9,12,14,17H,6,10-11,13H2,1-2H3,(H2,20,21,25). The highest BCUT2D eigenvalue weighted by Gasteiger charge is 2.15. The normalized spacial score (nSPS) is 12.4. The number of likely N-dealkylation sites (N-methyl/N-ethyl adjacent to an activating group) is 1. The minimum Gasteiger partial charge on any atom is -0.338 e. The first-order valence-corrected chi connectivity index (χ1v) is 9.64. The van der Waals surface area contributed by atoms with E-state index in [4.69, 9.17) is 0 Å². The molecule has 6 nitrogen and oxygen atoms in total. The maximum absolute atomic E-state index is 12.1. The van der Waals surface area contributed by atoms with Gasteiger partial charge in [0.2, 0.25) is 0 Å². The van der Waals surface area contributed by atoms with Crippen LogP contribution in [0.2, 0.25) is 0 Å². The lowest BCUT2D eigenvalue weighted by Crippen LogP contribution is -2.40. The molecular formula is C19H25N5OS. The van der Waals surface area contributed by atoms with Gasteiger partial charge in [-0.25, -0.2) is 9.78 Å². The monoisotopic (exact) mass is 371 g/mol. The van der Waals surface area contributed by atoms with E-state index >= 15 is 0 Å². The summed E-state index contributed by atoms with van der Waals surface area (Å²) in [6.45, 7) is 2.05. The molecule has 0 aliphatic carbocycles. The average molecular weight is 372 g/mol. The van der Waals surface area contributed by atoms with Gasteiger partial charge in [-0.15, -0.1) is 11.3 Å². The molecule has 0 spiro atoms. The quantitative estimate of drug-likeness (QED) is 0.598. The van der Waals surface area contributed by atoms with E-state index in [-0.39, 0.29) is 12.1 Å². The number of amides is 2. The van der Waals surface area contributed by atoms with Gasteiger partial charge >= 0.3 is 6.03 Å². The van der Waals surface area contributed by atoms with Crippen LogP contribution in [-0.4, -0.2) is 47.7 Å². The summed E-state index contributed by atoms with van der Waals surface area (Å²) >= 11 is 1.71. The van der Waals surface area contributed by atoms with E-state index in [2.05, 4.69) is 42.6 Å². The number of thiophene rings is 1. The molecule has 0 saturated heterocycles. The number of aromatic nitrogens is 2. The maximum Gasteiger partial charge on any atom is 0.314 e. The predicted octanol–water partition coefficient (Wildman–Crippen LogP) is 3.09. The second kappa shape index (κ2) is 8.82. The highest BCUT2D eigenvalue weighted by atomic mass is 32.1. The molecular weight excluding hydrogens is 346 g/mol. The predicted molar refractivity (Wildman–Crippen MR) is 106 cm³/mol. The van der Waals surface area contributed by atoms with Gasteiger partial charge in [0, 0.05) is 24.5 Å². The van der Waals surface area contributed by atoms with Crippen molar-refractivity contribution in [2.45, 2.75) is 19.0 Å². The van der Waals surface area contributed by atoms with Crippen LogP contribution in [0, 0.1) is 0 Å². The van der Waals surface area contributed by atoms with Crippen molar-refractivity contribution >= 4 is 28.4 Å². The van der Waals surface area contributed by atoms with E-state index in [1.165, 1.54) is 4.88 Å². The molecule has 2 heterocycles. The fourth-order valence-corrected chi connectivity index (χ4v) is 3.83. The number of nitrogens with one attached hydrogen (secondary N) is 2. The second-order valence-electron chi connectivity index (χ2n) is 6.41. The van der Waals surface area contributed by atoms with Crippen molar-refractivity contribution in [3.05, 3.63) is 53.0 Å². The lowest BCUT2D eigenvalue weighted by molar-refractivity contribution is 0.233. The number of hydrogen-bond donors (Lipinski definition) is 2. The average Bonchev–Trinajstić information content (AvgIpc) is 3.29. The van der Waals surface area contributed by atoms with Crippen molar-refractivity contribution in [3.63, 3.8) is 0 Å². The third-order valence-corrected chi connectivity index (χ3v) is 5.31. The van der Waals surface area contributed by atoms with Gasteiger partial charge in [0.15, 0.2) is 0 Å². The number of para-hydroxylation sites is 2. The van der Waals surface area contributed by atoms with Crippen LogP contribution in [0.3, 0.4) is 0 Å². The van der Waals surface area contributed by atoms with Gasteiger partial charge in [0.1, 0.15) is 0 Å². The number of carbonyl (C=O) groups excluding carboxylic acids is 1. The van der Waals surface area contributed by atoms with Crippen molar-refractivity contribution in [2.75, 3.05) is 27.2 Å². The van der Waals surface area contributed by atoms with E-state index in [1.807, 2.05) is 44.7 Å². The molecule has 2 amide bonds. The third kappa shape index (κ3) is 4.62. The molecule has 2 N–H and O–H groups in total.